The van der Waals surface area contributed by atoms with Crippen LogP contribution in [0.3, 0.4) is 0 Å². The molecule has 22 heteroatoms. The van der Waals surface area contributed by atoms with Crippen LogP contribution in [-0.2, 0) is 37.1 Å². The Hall–Kier alpha value is -3.77. The molecule has 3 rings (SSSR count). The molecule has 0 saturated heterocycles. The maximum atomic E-state index is 13.3. The quantitative estimate of drug-likeness (QED) is 0.150. The van der Waals surface area contributed by atoms with Gasteiger partial charge in [0, 0.05) is 35.9 Å². The molecular formula is C27H18F18N3P. The fourth-order valence-electron chi connectivity index (χ4n) is 3.95. The molecule has 49 heavy (non-hydrogen) atoms. The first kappa shape index (κ1) is 39.7. The third-order valence-electron chi connectivity index (χ3n) is 6.28. The Morgan fingerprint density at radius 1 is 0.306 bits per heavy atom. The van der Waals surface area contributed by atoms with E-state index in [1.807, 2.05) is 0 Å². The maximum Gasteiger partial charge on any atom is 0.416 e. The SMILES string of the molecule is FC(F)(F)c1cc(NCP(CNc2cc(C(F)(F)F)cc(C(F)(F)F)c2)CNc2cc(C(F)(F)F)cc(C(F)(F)F)c2)cc(C(F)(F)F)c1. The van der Waals surface area contributed by atoms with Crippen LogP contribution >= 0.6 is 7.92 Å². The number of alkyl halides is 18. The lowest BCUT2D eigenvalue weighted by Gasteiger charge is -2.23. The van der Waals surface area contributed by atoms with Gasteiger partial charge < -0.3 is 16.0 Å². The Bertz CT molecular complexity index is 1320. The molecule has 0 heterocycles. The van der Waals surface area contributed by atoms with Crippen LogP contribution in [-0.4, -0.2) is 18.9 Å². The number of hydrogen-bond donors (Lipinski definition) is 3. The maximum absolute atomic E-state index is 13.3. The molecule has 0 aliphatic heterocycles. The van der Waals surface area contributed by atoms with Crippen molar-refractivity contribution in [3.8, 4) is 0 Å². The summed E-state index contributed by atoms with van der Waals surface area (Å²) in [5.41, 5.74) is -13.0. The van der Waals surface area contributed by atoms with Gasteiger partial charge >= 0.3 is 37.1 Å². The van der Waals surface area contributed by atoms with E-state index in [9.17, 15) is 79.0 Å². The number of rotatable bonds is 9. The Balaban J connectivity index is 1.99. The molecule has 0 atom stereocenters. The average molecular weight is 757 g/mol. The molecule has 0 spiro atoms. The number of anilines is 3. The molecule has 0 aliphatic carbocycles. The van der Waals surface area contributed by atoms with Crippen molar-refractivity contribution >= 4 is 25.0 Å². The first-order valence-corrected chi connectivity index (χ1v) is 14.8. The highest BCUT2D eigenvalue weighted by atomic mass is 31.1. The average Bonchev–Trinajstić information content (AvgIpc) is 2.93. The summed E-state index contributed by atoms with van der Waals surface area (Å²) in [6.45, 7) is 0. The van der Waals surface area contributed by atoms with Gasteiger partial charge in [-0.3, -0.25) is 0 Å². The Kier molecular flexibility index (Phi) is 11.2. The highest BCUT2D eigenvalue weighted by Gasteiger charge is 2.39. The molecule has 272 valence electrons. The van der Waals surface area contributed by atoms with Crippen molar-refractivity contribution in [2.45, 2.75) is 37.1 Å². The summed E-state index contributed by atoms with van der Waals surface area (Å²) in [6, 6.07) is 0.827. The van der Waals surface area contributed by atoms with Gasteiger partial charge in [-0.1, -0.05) is 0 Å². The van der Waals surface area contributed by atoms with Crippen molar-refractivity contribution in [1.29, 1.82) is 0 Å². The second-order valence-electron chi connectivity index (χ2n) is 10.1. The molecule has 3 aromatic carbocycles. The summed E-state index contributed by atoms with van der Waals surface area (Å²) in [7, 11) is -2.18. The van der Waals surface area contributed by atoms with Crippen LogP contribution in [0.15, 0.2) is 54.6 Å². The van der Waals surface area contributed by atoms with Gasteiger partial charge in [0.2, 0.25) is 0 Å². The minimum atomic E-state index is -5.29. The largest absolute Gasteiger partial charge is 0.416 e. The van der Waals surface area contributed by atoms with Crippen LogP contribution in [0.4, 0.5) is 96.1 Å². The van der Waals surface area contributed by atoms with Crippen LogP contribution < -0.4 is 16.0 Å². The summed E-state index contributed by atoms with van der Waals surface area (Å²) < 4.78 is 239. The van der Waals surface area contributed by atoms with E-state index in [0.29, 0.717) is 0 Å². The van der Waals surface area contributed by atoms with Crippen LogP contribution in [0, 0.1) is 0 Å². The van der Waals surface area contributed by atoms with Gasteiger partial charge in [0.05, 0.1) is 33.4 Å². The Morgan fingerprint density at radius 3 is 0.612 bits per heavy atom. The van der Waals surface area contributed by atoms with Gasteiger partial charge in [-0.15, -0.1) is 0 Å². The van der Waals surface area contributed by atoms with E-state index in [0.717, 1.165) is 0 Å². The van der Waals surface area contributed by atoms with E-state index in [4.69, 9.17) is 0 Å². The summed E-state index contributed by atoms with van der Waals surface area (Å²) >= 11 is 0. The van der Waals surface area contributed by atoms with Gasteiger partial charge in [-0.2, -0.15) is 79.0 Å². The molecule has 0 fully saturated rings. The summed E-state index contributed by atoms with van der Waals surface area (Å²) in [4.78, 5) is 0. The van der Waals surface area contributed by atoms with E-state index >= 15 is 0 Å². The van der Waals surface area contributed by atoms with Crippen LogP contribution in [0.2, 0.25) is 0 Å². The van der Waals surface area contributed by atoms with Crippen molar-refractivity contribution in [3.05, 3.63) is 88.0 Å². The number of nitrogens with one attached hydrogen (secondary N) is 3. The minimum Gasteiger partial charge on any atom is -0.381 e. The van der Waals surface area contributed by atoms with Crippen molar-refractivity contribution in [1.82, 2.24) is 0 Å². The molecule has 3 aromatic rings. The van der Waals surface area contributed by atoms with Crippen molar-refractivity contribution in [3.63, 3.8) is 0 Å². The number of halogens is 18. The zero-order valence-corrected chi connectivity index (χ0v) is 24.5. The van der Waals surface area contributed by atoms with Gasteiger partial charge in [0.15, 0.2) is 0 Å². The lowest BCUT2D eigenvalue weighted by atomic mass is 10.1. The molecule has 0 radical (unpaired) electrons. The molecule has 0 aromatic heterocycles. The van der Waals surface area contributed by atoms with E-state index in [1.165, 1.54) is 0 Å². The fourth-order valence-corrected chi connectivity index (χ4v) is 5.50. The first-order valence-electron chi connectivity index (χ1n) is 12.9. The third-order valence-corrected chi connectivity index (χ3v) is 8.10. The standard InChI is InChI=1S/C27H18F18N3P/c28-22(29,30)13-1-14(23(31,32)33)5-19(4-13)46-10-49(11-47-20-6-15(24(34,35)36)2-16(7-20)25(37,38)39)12-48-21-8-17(26(40,41)42)3-18(9-21)27(43,44)45/h1-9,46-48H,10-12H2. The fraction of sp³-hybridized carbons (Fsp3) is 0.333. The molecule has 3 nitrogen and oxygen atoms in total. The lowest BCUT2D eigenvalue weighted by Crippen LogP contribution is -2.17. The van der Waals surface area contributed by atoms with E-state index in [1.54, 1.807) is 0 Å². The van der Waals surface area contributed by atoms with E-state index < -0.39 is 114 Å². The van der Waals surface area contributed by atoms with Gasteiger partial charge in [0.1, 0.15) is 0 Å². The predicted octanol–water partition coefficient (Wildman–Crippen LogP) is 11.8. The third kappa shape index (κ3) is 11.4. The highest BCUT2D eigenvalue weighted by molar-refractivity contribution is 7.58. The smallest absolute Gasteiger partial charge is 0.381 e. The highest BCUT2D eigenvalue weighted by Crippen LogP contribution is 2.43. The van der Waals surface area contributed by atoms with Gasteiger partial charge in [0.25, 0.3) is 0 Å². The number of benzene rings is 3. The molecular weight excluding hydrogens is 739 g/mol. The molecule has 0 unspecified atom stereocenters. The van der Waals surface area contributed by atoms with Crippen molar-refractivity contribution in [2.24, 2.45) is 0 Å². The van der Waals surface area contributed by atoms with Crippen LogP contribution in [0.5, 0.6) is 0 Å². The second-order valence-corrected chi connectivity index (χ2v) is 12.3. The van der Waals surface area contributed by atoms with Gasteiger partial charge in [-0.25, -0.2) is 0 Å². The summed E-state index contributed by atoms with van der Waals surface area (Å²) in [5, 5.41) is 6.64. The number of hydrogen-bond acceptors (Lipinski definition) is 3. The zero-order valence-electron chi connectivity index (χ0n) is 23.6. The predicted molar refractivity (Wildman–Crippen MR) is 142 cm³/mol. The Labute approximate surface area is 264 Å². The van der Waals surface area contributed by atoms with E-state index in [2.05, 4.69) is 16.0 Å². The molecule has 0 aliphatic rings. The van der Waals surface area contributed by atoms with Crippen LogP contribution in [0.1, 0.15) is 33.4 Å². The van der Waals surface area contributed by atoms with Crippen molar-refractivity contribution < 1.29 is 79.0 Å². The monoisotopic (exact) mass is 757 g/mol. The normalized spacial score (nSPS) is 13.5. The molecule has 0 bridgehead atoms. The zero-order chi connectivity index (χ0) is 37.4. The lowest BCUT2D eigenvalue weighted by molar-refractivity contribution is -0.144. The minimum absolute atomic E-state index is 0.213. The second kappa shape index (κ2) is 13.9. The molecule has 0 amide bonds. The van der Waals surface area contributed by atoms with Gasteiger partial charge in [-0.05, 0) is 62.5 Å². The summed E-state index contributed by atoms with van der Waals surface area (Å²) in [5.74, 6) is 0. The summed E-state index contributed by atoms with van der Waals surface area (Å²) in [6.07, 6.45) is -33.8. The van der Waals surface area contributed by atoms with E-state index in [-0.39, 0.29) is 54.6 Å². The van der Waals surface area contributed by atoms with Crippen LogP contribution in [0.25, 0.3) is 0 Å². The molecule has 0 saturated carbocycles. The molecule has 3 N–H and O–H groups in total. The van der Waals surface area contributed by atoms with Crippen molar-refractivity contribution in [2.75, 3.05) is 34.8 Å². The Morgan fingerprint density at radius 2 is 0.469 bits per heavy atom. The topological polar surface area (TPSA) is 36.1 Å². The first-order chi connectivity index (χ1) is 22.0.